The molecule has 1 unspecified atom stereocenters. The van der Waals surface area contributed by atoms with Gasteiger partial charge in [-0.15, -0.1) is 11.3 Å². The van der Waals surface area contributed by atoms with E-state index in [9.17, 15) is 9.18 Å². The number of hydrogen-bond donors (Lipinski definition) is 0. The fourth-order valence-corrected chi connectivity index (χ4v) is 3.43. The normalized spacial score (nSPS) is 12.2. The summed E-state index contributed by atoms with van der Waals surface area (Å²) in [6.07, 6.45) is 0. The van der Waals surface area contributed by atoms with Crippen LogP contribution in [0.4, 0.5) is 4.39 Å². The minimum absolute atomic E-state index is 0.0000231. The fourth-order valence-electron chi connectivity index (χ4n) is 2.09. The van der Waals surface area contributed by atoms with Crippen molar-refractivity contribution in [1.82, 2.24) is 4.90 Å². The summed E-state index contributed by atoms with van der Waals surface area (Å²) in [7, 11) is 0. The number of carbonyl (C=O) groups excluding carboxylic acids is 1. The summed E-state index contributed by atoms with van der Waals surface area (Å²) in [5, 5.41) is 0. The lowest BCUT2D eigenvalue weighted by atomic mass is 10.1. The van der Waals surface area contributed by atoms with Crippen molar-refractivity contribution in [3.63, 3.8) is 0 Å². The number of rotatable bonds is 4. The average molecular weight is 356 g/mol. The van der Waals surface area contributed by atoms with E-state index in [1.807, 2.05) is 26.0 Å². The molecule has 0 radical (unpaired) electrons. The number of hydrogen-bond acceptors (Lipinski definition) is 2. The van der Waals surface area contributed by atoms with E-state index in [0.717, 1.165) is 9.35 Å². The van der Waals surface area contributed by atoms with Gasteiger partial charge in [0.25, 0.3) is 5.91 Å². The van der Waals surface area contributed by atoms with Gasteiger partial charge in [-0.1, -0.05) is 12.1 Å². The van der Waals surface area contributed by atoms with Gasteiger partial charge in [0.05, 0.1) is 14.7 Å². The van der Waals surface area contributed by atoms with Crippen LogP contribution in [0.25, 0.3) is 0 Å². The molecule has 1 aromatic heterocycles. The van der Waals surface area contributed by atoms with Gasteiger partial charge in [0, 0.05) is 6.54 Å². The molecular weight excluding hydrogens is 341 g/mol. The molecule has 0 aliphatic rings. The number of nitrogens with zero attached hydrogens (tertiary/aromatic N) is 1. The van der Waals surface area contributed by atoms with Crippen LogP contribution in [0.3, 0.4) is 0 Å². The van der Waals surface area contributed by atoms with Crippen molar-refractivity contribution in [2.75, 3.05) is 6.54 Å². The molecule has 1 aromatic carbocycles. The lowest BCUT2D eigenvalue weighted by Crippen LogP contribution is -2.32. The Hall–Kier alpha value is -1.20. The topological polar surface area (TPSA) is 20.3 Å². The minimum atomic E-state index is -0.266. The molecule has 0 N–H and O–H groups in total. The molecule has 0 fully saturated rings. The van der Waals surface area contributed by atoms with Crippen LogP contribution < -0.4 is 0 Å². The third-order valence-electron chi connectivity index (χ3n) is 3.21. The second-order valence-corrected chi connectivity index (χ2v) is 6.89. The fraction of sp³-hybridized carbons (Fsp3) is 0.267. The number of halogens is 2. The predicted molar refractivity (Wildman–Crippen MR) is 83.5 cm³/mol. The van der Waals surface area contributed by atoms with Crippen LogP contribution in [-0.2, 0) is 0 Å². The van der Waals surface area contributed by atoms with Crippen LogP contribution in [0.15, 0.2) is 40.2 Å². The van der Waals surface area contributed by atoms with E-state index in [0.29, 0.717) is 11.4 Å². The van der Waals surface area contributed by atoms with Crippen molar-refractivity contribution < 1.29 is 9.18 Å². The molecule has 0 spiro atoms. The van der Waals surface area contributed by atoms with Crippen LogP contribution >= 0.6 is 27.3 Å². The van der Waals surface area contributed by atoms with Crippen LogP contribution in [0.2, 0.25) is 0 Å². The number of carbonyl (C=O) groups is 1. The van der Waals surface area contributed by atoms with E-state index in [2.05, 4.69) is 15.9 Å². The molecular formula is C15H15BrFNOS. The van der Waals surface area contributed by atoms with Gasteiger partial charge in [-0.05, 0) is 59.6 Å². The predicted octanol–water partition coefficient (Wildman–Crippen LogP) is 4.87. The monoisotopic (exact) mass is 355 g/mol. The molecule has 106 valence electrons. The quantitative estimate of drug-likeness (QED) is 0.765. The van der Waals surface area contributed by atoms with Crippen molar-refractivity contribution in [1.29, 1.82) is 0 Å². The molecule has 0 aliphatic carbocycles. The second kappa shape index (κ2) is 6.50. The first-order chi connectivity index (χ1) is 9.52. The molecule has 0 saturated carbocycles. The molecule has 0 bridgehead atoms. The maximum atomic E-state index is 13.0. The van der Waals surface area contributed by atoms with Crippen molar-refractivity contribution in [2.45, 2.75) is 19.9 Å². The maximum absolute atomic E-state index is 13.0. The molecule has 0 aliphatic heterocycles. The Bertz CT molecular complexity index is 596. The Morgan fingerprint density at radius 3 is 2.45 bits per heavy atom. The summed E-state index contributed by atoms with van der Waals surface area (Å²) in [6.45, 7) is 4.50. The van der Waals surface area contributed by atoms with Gasteiger partial charge in [-0.2, -0.15) is 0 Å². The van der Waals surface area contributed by atoms with Crippen molar-refractivity contribution >= 4 is 33.2 Å². The van der Waals surface area contributed by atoms with E-state index >= 15 is 0 Å². The standard InChI is InChI=1S/C15H15BrFNOS/c1-3-18(15(19)13-8-9-14(16)20-13)10(2)11-4-6-12(17)7-5-11/h4-10H,3H2,1-2H3. The van der Waals surface area contributed by atoms with Gasteiger partial charge >= 0.3 is 0 Å². The number of amides is 1. The average Bonchev–Trinajstić information content (AvgIpc) is 2.86. The zero-order valence-electron chi connectivity index (χ0n) is 11.3. The molecule has 1 atom stereocenters. The second-order valence-electron chi connectivity index (χ2n) is 4.42. The Balaban J connectivity index is 2.23. The summed E-state index contributed by atoms with van der Waals surface area (Å²) in [5.74, 6) is -0.266. The number of thiophene rings is 1. The third kappa shape index (κ3) is 3.27. The molecule has 2 rings (SSSR count). The Morgan fingerprint density at radius 1 is 1.30 bits per heavy atom. The third-order valence-corrected chi connectivity index (χ3v) is 4.82. The maximum Gasteiger partial charge on any atom is 0.264 e. The van der Waals surface area contributed by atoms with Gasteiger partial charge in [0.1, 0.15) is 5.82 Å². The summed E-state index contributed by atoms with van der Waals surface area (Å²) in [5.41, 5.74) is 0.928. The van der Waals surface area contributed by atoms with Gasteiger partial charge in [0.15, 0.2) is 0 Å². The van der Waals surface area contributed by atoms with Crippen molar-refractivity contribution in [2.24, 2.45) is 0 Å². The highest BCUT2D eigenvalue weighted by molar-refractivity contribution is 9.11. The van der Waals surface area contributed by atoms with E-state index in [1.165, 1.54) is 23.5 Å². The highest BCUT2D eigenvalue weighted by Crippen LogP contribution is 2.27. The highest BCUT2D eigenvalue weighted by Gasteiger charge is 2.22. The summed E-state index contributed by atoms with van der Waals surface area (Å²) < 4.78 is 13.9. The molecule has 1 amide bonds. The van der Waals surface area contributed by atoms with E-state index < -0.39 is 0 Å². The molecule has 1 heterocycles. The Morgan fingerprint density at radius 2 is 1.95 bits per heavy atom. The van der Waals surface area contributed by atoms with Gasteiger partial charge in [-0.3, -0.25) is 4.79 Å². The first-order valence-electron chi connectivity index (χ1n) is 6.34. The summed E-state index contributed by atoms with van der Waals surface area (Å²) >= 11 is 4.79. The van der Waals surface area contributed by atoms with E-state index in [1.54, 1.807) is 17.0 Å². The Kier molecular flexibility index (Phi) is 4.94. The van der Waals surface area contributed by atoms with Crippen molar-refractivity contribution in [3.8, 4) is 0 Å². The molecule has 0 saturated heterocycles. The SMILES string of the molecule is CCN(C(=O)c1ccc(Br)s1)C(C)c1ccc(F)cc1. The van der Waals surface area contributed by atoms with E-state index in [4.69, 9.17) is 0 Å². The van der Waals surface area contributed by atoms with Crippen LogP contribution in [0.5, 0.6) is 0 Å². The first-order valence-corrected chi connectivity index (χ1v) is 7.95. The van der Waals surface area contributed by atoms with Gasteiger partial charge in [-0.25, -0.2) is 4.39 Å². The highest BCUT2D eigenvalue weighted by atomic mass is 79.9. The van der Waals surface area contributed by atoms with Crippen molar-refractivity contribution in [3.05, 3.63) is 56.4 Å². The zero-order valence-corrected chi connectivity index (χ0v) is 13.7. The van der Waals surface area contributed by atoms with Gasteiger partial charge < -0.3 is 4.90 Å². The van der Waals surface area contributed by atoms with E-state index in [-0.39, 0.29) is 17.8 Å². The lowest BCUT2D eigenvalue weighted by Gasteiger charge is -2.28. The lowest BCUT2D eigenvalue weighted by molar-refractivity contribution is 0.0707. The molecule has 2 aromatic rings. The molecule has 2 nitrogen and oxygen atoms in total. The summed E-state index contributed by atoms with van der Waals surface area (Å²) in [4.78, 5) is 15.0. The number of benzene rings is 1. The van der Waals surface area contributed by atoms with Crippen LogP contribution in [0.1, 0.15) is 35.1 Å². The molecule has 20 heavy (non-hydrogen) atoms. The summed E-state index contributed by atoms with van der Waals surface area (Å²) in [6, 6.07) is 9.89. The minimum Gasteiger partial charge on any atom is -0.331 e. The smallest absolute Gasteiger partial charge is 0.264 e. The Labute approximate surface area is 130 Å². The molecule has 5 heteroatoms. The largest absolute Gasteiger partial charge is 0.331 e. The van der Waals surface area contributed by atoms with Crippen LogP contribution in [-0.4, -0.2) is 17.4 Å². The van der Waals surface area contributed by atoms with Gasteiger partial charge in [0.2, 0.25) is 0 Å². The first kappa shape index (κ1) is 15.2. The van der Waals surface area contributed by atoms with Crippen LogP contribution in [0, 0.1) is 5.82 Å². The zero-order chi connectivity index (χ0) is 14.7.